The fraction of sp³-hybridized carbons (Fsp3) is 0.647. The lowest BCUT2D eigenvalue weighted by Gasteiger charge is -2.14. The Morgan fingerprint density at radius 1 is 1.00 bits per heavy atom. The van der Waals surface area contributed by atoms with Crippen LogP contribution in [-0.2, 0) is 6.42 Å². The number of hydrogen-bond donors (Lipinski definition) is 0. The van der Waals surface area contributed by atoms with Crippen LogP contribution in [0.25, 0.3) is 0 Å². The topological polar surface area (TPSA) is 9.23 Å². The first kappa shape index (κ1) is 16.9. The van der Waals surface area contributed by atoms with Gasteiger partial charge in [0.2, 0.25) is 5.82 Å². The van der Waals surface area contributed by atoms with Crippen LogP contribution >= 0.6 is 0 Å². The minimum Gasteiger partial charge on any atom is -0.491 e. The molecule has 0 radical (unpaired) electrons. The summed E-state index contributed by atoms with van der Waals surface area (Å²) in [5.74, 6) is -0.392. The Balaban J connectivity index is 2.58. The normalized spacial score (nSPS) is 12.8. The SMILES string of the molecule is CCOc1ccc(CCC(C)CCC(C)C)c(F)c1F. The number of rotatable bonds is 8. The van der Waals surface area contributed by atoms with Crippen LogP contribution in [0, 0.1) is 23.5 Å². The van der Waals surface area contributed by atoms with Crippen molar-refractivity contribution in [2.24, 2.45) is 11.8 Å². The van der Waals surface area contributed by atoms with Crippen molar-refractivity contribution in [3.63, 3.8) is 0 Å². The Labute approximate surface area is 121 Å². The van der Waals surface area contributed by atoms with Crippen LogP contribution in [0.2, 0.25) is 0 Å². The molecule has 0 fully saturated rings. The molecule has 1 aromatic carbocycles. The van der Waals surface area contributed by atoms with E-state index in [0.717, 1.165) is 12.8 Å². The second kappa shape index (κ2) is 8.23. The Morgan fingerprint density at radius 2 is 1.70 bits per heavy atom. The van der Waals surface area contributed by atoms with Crippen molar-refractivity contribution in [2.45, 2.75) is 53.4 Å². The third-order valence-electron chi connectivity index (χ3n) is 3.57. The molecule has 0 aromatic heterocycles. The number of benzene rings is 1. The summed E-state index contributed by atoms with van der Waals surface area (Å²) in [6, 6.07) is 3.16. The molecular weight excluding hydrogens is 258 g/mol. The molecule has 0 saturated heterocycles. The van der Waals surface area contributed by atoms with Gasteiger partial charge in [0, 0.05) is 0 Å². The molecule has 1 unspecified atom stereocenters. The fourth-order valence-electron chi connectivity index (χ4n) is 2.20. The van der Waals surface area contributed by atoms with Gasteiger partial charge in [0.25, 0.3) is 0 Å². The van der Waals surface area contributed by atoms with E-state index in [0.29, 0.717) is 30.4 Å². The average Bonchev–Trinajstić information content (AvgIpc) is 2.41. The van der Waals surface area contributed by atoms with Crippen LogP contribution in [0.15, 0.2) is 12.1 Å². The summed E-state index contributed by atoms with van der Waals surface area (Å²) in [6.07, 6.45) is 3.78. The predicted octanol–water partition coefficient (Wildman–Crippen LogP) is 5.37. The first-order valence-electron chi connectivity index (χ1n) is 7.55. The van der Waals surface area contributed by atoms with Crippen LogP contribution in [0.4, 0.5) is 8.78 Å². The highest BCUT2D eigenvalue weighted by Crippen LogP contribution is 2.25. The van der Waals surface area contributed by atoms with E-state index in [1.165, 1.54) is 12.5 Å². The predicted molar refractivity (Wildman–Crippen MR) is 79.1 cm³/mol. The van der Waals surface area contributed by atoms with Crippen molar-refractivity contribution in [3.05, 3.63) is 29.3 Å². The molecular formula is C17H26F2O. The van der Waals surface area contributed by atoms with Crippen molar-refractivity contribution < 1.29 is 13.5 Å². The van der Waals surface area contributed by atoms with Gasteiger partial charge in [-0.3, -0.25) is 0 Å². The highest BCUT2D eigenvalue weighted by atomic mass is 19.2. The molecule has 114 valence electrons. The lowest BCUT2D eigenvalue weighted by molar-refractivity contribution is 0.313. The summed E-state index contributed by atoms with van der Waals surface area (Å²) >= 11 is 0. The average molecular weight is 284 g/mol. The smallest absolute Gasteiger partial charge is 0.200 e. The van der Waals surface area contributed by atoms with Crippen molar-refractivity contribution in [1.29, 1.82) is 0 Å². The van der Waals surface area contributed by atoms with Crippen LogP contribution in [0.1, 0.15) is 52.5 Å². The molecule has 1 rings (SSSR count). The summed E-state index contributed by atoms with van der Waals surface area (Å²) in [7, 11) is 0. The molecule has 1 aromatic rings. The molecule has 0 amide bonds. The summed E-state index contributed by atoms with van der Waals surface area (Å²) in [5.41, 5.74) is 0.447. The summed E-state index contributed by atoms with van der Waals surface area (Å²) in [6.45, 7) is 8.66. The summed E-state index contributed by atoms with van der Waals surface area (Å²) < 4.78 is 32.7. The Morgan fingerprint density at radius 3 is 2.30 bits per heavy atom. The van der Waals surface area contributed by atoms with Gasteiger partial charge in [-0.1, -0.05) is 39.7 Å². The standard InChI is InChI=1S/C17H26F2O/c1-5-20-15-11-10-14(16(18)17(15)19)9-8-13(4)7-6-12(2)3/h10-13H,5-9H2,1-4H3. The summed E-state index contributed by atoms with van der Waals surface area (Å²) in [5, 5.41) is 0. The zero-order chi connectivity index (χ0) is 15.1. The molecule has 1 nitrogen and oxygen atoms in total. The van der Waals surface area contributed by atoms with Crippen LogP contribution in [0.3, 0.4) is 0 Å². The molecule has 20 heavy (non-hydrogen) atoms. The second-order valence-electron chi connectivity index (χ2n) is 5.90. The Bertz CT molecular complexity index is 416. The first-order valence-corrected chi connectivity index (χ1v) is 7.55. The van der Waals surface area contributed by atoms with Crippen LogP contribution in [0.5, 0.6) is 5.75 Å². The molecule has 0 aliphatic rings. The van der Waals surface area contributed by atoms with E-state index in [9.17, 15) is 8.78 Å². The maximum absolute atomic E-state index is 13.9. The minimum absolute atomic E-state index is 0.00149. The zero-order valence-corrected chi connectivity index (χ0v) is 13.0. The monoisotopic (exact) mass is 284 g/mol. The number of halogens is 2. The van der Waals surface area contributed by atoms with Gasteiger partial charge >= 0.3 is 0 Å². The van der Waals surface area contributed by atoms with Gasteiger partial charge < -0.3 is 4.74 Å². The van der Waals surface area contributed by atoms with Crippen molar-refractivity contribution >= 4 is 0 Å². The quantitative estimate of drug-likeness (QED) is 0.623. The van der Waals surface area contributed by atoms with Gasteiger partial charge in [-0.05, 0) is 43.2 Å². The van der Waals surface area contributed by atoms with Gasteiger partial charge in [0.05, 0.1) is 6.61 Å². The van der Waals surface area contributed by atoms with E-state index in [2.05, 4.69) is 20.8 Å². The van der Waals surface area contributed by atoms with Crippen molar-refractivity contribution in [2.75, 3.05) is 6.61 Å². The lowest BCUT2D eigenvalue weighted by Crippen LogP contribution is -2.04. The molecule has 0 aliphatic heterocycles. The zero-order valence-electron chi connectivity index (χ0n) is 13.0. The third-order valence-corrected chi connectivity index (χ3v) is 3.57. The van der Waals surface area contributed by atoms with E-state index in [1.54, 1.807) is 13.0 Å². The maximum atomic E-state index is 13.9. The molecule has 3 heteroatoms. The van der Waals surface area contributed by atoms with E-state index < -0.39 is 11.6 Å². The molecule has 1 atom stereocenters. The van der Waals surface area contributed by atoms with E-state index >= 15 is 0 Å². The number of hydrogen-bond acceptors (Lipinski definition) is 1. The molecule has 0 heterocycles. The number of aryl methyl sites for hydroxylation is 1. The largest absolute Gasteiger partial charge is 0.491 e. The van der Waals surface area contributed by atoms with Gasteiger partial charge in [-0.25, -0.2) is 4.39 Å². The van der Waals surface area contributed by atoms with E-state index in [1.807, 2.05) is 0 Å². The van der Waals surface area contributed by atoms with Gasteiger partial charge in [-0.2, -0.15) is 4.39 Å². The lowest BCUT2D eigenvalue weighted by atomic mass is 9.93. The Kier molecular flexibility index (Phi) is 6.97. The Hall–Kier alpha value is -1.12. The van der Waals surface area contributed by atoms with E-state index in [4.69, 9.17) is 4.74 Å². The van der Waals surface area contributed by atoms with Crippen LogP contribution < -0.4 is 4.74 Å². The molecule has 0 saturated carbocycles. The van der Waals surface area contributed by atoms with Gasteiger partial charge in [0.1, 0.15) is 0 Å². The van der Waals surface area contributed by atoms with Crippen molar-refractivity contribution in [3.8, 4) is 5.75 Å². The van der Waals surface area contributed by atoms with E-state index in [-0.39, 0.29) is 5.75 Å². The molecule has 0 aliphatic carbocycles. The highest BCUT2D eigenvalue weighted by molar-refractivity contribution is 5.31. The molecule has 0 bridgehead atoms. The van der Waals surface area contributed by atoms with Crippen molar-refractivity contribution in [1.82, 2.24) is 0 Å². The third kappa shape index (κ3) is 5.10. The highest BCUT2D eigenvalue weighted by Gasteiger charge is 2.15. The van der Waals surface area contributed by atoms with Gasteiger partial charge in [0.15, 0.2) is 11.6 Å². The second-order valence-corrected chi connectivity index (χ2v) is 5.90. The van der Waals surface area contributed by atoms with Gasteiger partial charge in [-0.15, -0.1) is 0 Å². The molecule has 0 spiro atoms. The summed E-state index contributed by atoms with van der Waals surface area (Å²) in [4.78, 5) is 0. The number of ether oxygens (including phenoxy) is 1. The molecule has 0 N–H and O–H groups in total. The fourth-order valence-corrected chi connectivity index (χ4v) is 2.20. The first-order chi connectivity index (χ1) is 9.45. The van der Waals surface area contributed by atoms with Crippen LogP contribution in [-0.4, -0.2) is 6.61 Å². The maximum Gasteiger partial charge on any atom is 0.200 e. The minimum atomic E-state index is -0.862.